The van der Waals surface area contributed by atoms with Crippen LogP contribution in [0.2, 0.25) is 10.0 Å². The third-order valence-corrected chi connectivity index (χ3v) is 4.05. The van der Waals surface area contributed by atoms with Crippen LogP contribution in [0.15, 0.2) is 34.9 Å². The molecule has 3 heterocycles. The number of hydrogen-bond acceptors (Lipinski definition) is 7. The molecule has 0 atom stereocenters. The molecule has 0 radical (unpaired) electrons. The minimum atomic E-state index is 0.112. The second-order valence-electron chi connectivity index (χ2n) is 5.10. The molecule has 0 amide bonds. The fourth-order valence-corrected chi connectivity index (χ4v) is 2.92. The van der Waals surface area contributed by atoms with E-state index in [-0.39, 0.29) is 12.4 Å². The molecule has 3 N–H and O–H groups in total. The standard InChI is InChI=1S/C15H10Cl2N6O2/c16-8-2-1-3-9(17)13(8)10-4-7(25-22-10)6-24-11-5-12(18)19-15-14(11)20-23-21-15/h1-5H,6H2,(H3,18,19,20,21,23). The van der Waals surface area contributed by atoms with Crippen LogP contribution in [-0.2, 0) is 6.61 Å². The number of nitrogens with two attached hydrogens (primary N) is 1. The van der Waals surface area contributed by atoms with Gasteiger partial charge in [-0.25, -0.2) is 4.98 Å². The van der Waals surface area contributed by atoms with Crippen molar-refractivity contribution in [3.05, 3.63) is 46.1 Å². The van der Waals surface area contributed by atoms with Crippen molar-refractivity contribution in [2.45, 2.75) is 6.61 Å². The molecule has 0 fully saturated rings. The number of aromatic amines is 1. The fourth-order valence-electron chi connectivity index (χ4n) is 2.33. The van der Waals surface area contributed by atoms with E-state index >= 15 is 0 Å². The Labute approximate surface area is 150 Å². The molecule has 0 aliphatic rings. The molecule has 0 spiro atoms. The molecular formula is C15H10Cl2N6O2. The number of halogens is 2. The van der Waals surface area contributed by atoms with Crippen molar-refractivity contribution >= 4 is 40.2 Å². The van der Waals surface area contributed by atoms with Crippen molar-refractivity contribution in [1.29, 1.82) is 0 Å². The number of rotatable bonds is 4. The predicted octanol–water partition coefficient (Wildman–Crippen LogP) is 3.48. The zero-order valence-corrected chi connectivity index (χ0v) is 14.0. The van der Waals surface area contributed by atoms with E-state index in [2.05, 4.69) is 25.6 Å². The number of pyridine rings is 1. The van der Waals surface area contributed by atoms with Crippen molar-refractivity contribution < 1.29 is 9.26 Å². The highest BCUT2D eigenvalue weighted by atomic mass is 35.5. The summed E-state index contributed by atoms with van der Waals surface area (Å²) in [7, 11) is 0. The van der Waals surface area contributed by atoms with Gasteiger partial charge in [-0.15, -0.1) is 5.10 Å². The van der Waals surface area contributed by atoms with Gasteiger partial charge >= 0.3 is 0 Å². The highest BCUT2D eigenvalue weighted by Crippen LogP contribution is 2.34. The summed E-state index contributed by atoms with van der Waals surface area (Å²) in [6, 6.07) is 8.49. The summed E-state index contributed by atoms with van der Waals surface area (Å²) in [6.45, 7) is 0.112. The first kappa shape index (κ1) is 15.7. The van der Waals surface area contributed by atoms with E-state index in [1.807, 2.05) is 0 Å². The molecule has 126 valence electrons. The summed E-state index contributed by atoms with van der Waals surface area (Å²) in [5.74, 6) is 1.19. The normalized spacial score (nSPS) is 11.1. The summed E-state index contributed by atoms with van der Waals surface area (Å²) in [6.07, 6.45) is 0. The maximum atomic E-state index is 6.18. The molecule has 0 unspecified atom stereocenters. The van der Waals surface area contributed by atoms with Crippen LogP contribution in [0.1, 0.15) is 5.76 Å². The van der Waals surface area contributed by atoms with E-state index in [1.165, 1.54) is 0 Å². The van der Waals surface area contributed by atoms with Crippen LogP contribution in [0, 0.1) is 0 Å². The minimum absolute atomic E-state index is 0.112. The Morgan fingerprint density at radius 1 is 1.16 bits per heavy atom. The van der Waals surface area contributed by atoms with Crippen molar-refractivity contribution in [1.82, 2.24) is 25.6 Å². The molecule has 8 nitrogen and oxygen atoms in total. The molecule has 0 saturated carbocycles. The number of H-pyrrole nitrogens is 1. The zero-order valence-electron chi connectivity index (χ0n) is 12.5. The van der Waals surface area contributed by atoms with Crippen molar-refractivity contribution in [2.75, 3.05) is 5.73 Å². The molecular weight excluding hydrogens is 367 g/mol. The Morgan fingerprint density at radius 2 is 1.96 bits per heavy atom. The van der Waals surface area contributed by atoms with Crippen LogP contribution in [0.3, 0.4) is 0 Å². The lowest BCUT2D eigenvalue weighted by atomic mass is 10.1. The van der Waals surface area contributed by atoms with Crippen molar-refractivity contribution in [2.24, 2.45) is 0 Å². The van der Waals surface area contributed by atoms with E-state index in [1.54, 1.807) is 30.3 Å². The highest BCUT2D eigenvalue weighted by molar-refractivity contribution is 6.39. The Hall–Kier alpha value is -2.84. The molecule has 4 rings (SSSR count). The quantitative estimate of drug-likeness (QED) is 0.559. The fraction of sp³-hybridized carbons (Fsp3) is 0.0667. The Bertz CT molecular complexity index is 1040. The van der Waals surface area contributed by atoms with E-state index < -0.39 is 0 Å². The average Bonchev–Trinajstić information content (AvgIpc) is 3.21. The lowest BCUT2D eigenvalue weighted by molar-refractivity contribution is 0.251. The molecule has 3 aromatic heterocycles. The van der Waals surface area contributed by atoms with Crippen LogP contribution >= 0.6 is 23.2 Å². The first-order valence-electron chi connectivity index (χ1n) is 7.11. The maximum Gasteiger partial charge on any atom is 0.207 e. The molecule has 0 bridgehead atoms. The number of aromatic nitrogens is 5. The molecule has 1 aromatic carbocycles. The number of hydrogen-bond donors (Lipinski definition) is 2. The lowest BCUT2D eigenvalue weighted by Crippen LogP contribution is -1.98. The number of fused-ring (bicyclic) bond motifs is 1. The third-order valence-electron chi connectivity index (χ3n) is 3.42. The second kappa shape index (κ2) is 6.23. The number of nitrogens with one attached hydrogen (secondary N) is 1. The maximum absolute atomic E-state index is 6.18. The molecule has 0 saturated heterocycles. The van der Waals surface area contributed by atoms with Gasteiger partial charge in [0.15, 0.2) is 17.0 Å². The number of benzene rings is 1. The Balaban J connectivity index is 1.58. The van der Waals surface area contributed by atoms with Gasteiger partial charge in [-0.05, 0) is 12.1 Å². The number of ether oxygens (including phenoxy) is 1. The monoisotopic (exact) mass is 376 g/mol. The lowest BCUT2D eigenvalue weighted by Gasteiger charge is -2.04. The van der Waals surface area contributed by atoms with Crippen LogP contribution in [0.4, 0.5) is 5.82 Å². The molecule has 0 aliphatic heterocycles. The summed E-state index contributed by atoms with van der Waals surface area (Å²) in [5.41, 5.74) is 7.70. The number of anilines is 1. The van der Waals surface area contributed by atoms with Gasteiger partial charge in [0.25, 0.3) is 0 Å². The number of nitrogens with zero attached hydrogens (tertiary/aromatic N) is 4. The minimum Gasteiger partial charge on any atom is -0.483 e. The number of nitrogen functional groups attached to an aromatic ring is 1. The average molecular weight is 377 g/mol. The van der Waals surface area contributed by atoms with Crippen LogP contribution in [0.5, 0.6) is 5.75 Å². The van der Waals surface area contributed by atoms with Gasteiger partial charge in [-0.1, -0.05) is 34.4 Å². The van der Waals surface area contributed by atoms with Crippen molar-refractivity contribution in [3.63, 3.8) is 0 Å². The molecule has 25 heavy (non-hydrogen) atoms. The topological polar surface area (TPSA) is 116 Å². The smallest absolute Gasteiger partial charge is 0.207 e. The predicted molar refractivity (Wildman–Crippen MR) is 92.4 cm³/mol. The SMILES string of the molecule is Nc1cc(OCc2cc(-c3c(Cl)cccc3Cl)no2)c2n[nH]nc2n1. The Kier molecular flexibility index (Phi) is 3.90. The second-order valence-corrected chi connectivity index (χ2v) is 5.92. The van der Waals surface area contributed by atoms with Gasteiger partial charge < -0.3 is 15.0 Å². The summed E-state index contributed by atoms with van der Waals surface area (Å²) < 4.78 is 11.0. The van der Waals surface area contributed by atoms with Gasteiger partial charge in [0.2, 0.25) is 5.65 Å². The summed E-state index contributed by atoms with van der Waals surface area (Å²) in [4.78, 5) is 4.04. The van der Waals surface area contributed by atoms with Crippen LogP contribution < -0.4 is 10.5 Å². The van der Waals surface area contributed by atoms with Gasteiger partial charge in [0.1, 0.15) is 18.1 Å². The van der Waals surface area contributed by atoms with Crippen LogP contribution in [0.25, 0.3) is 22.4 Å². The van der Waals surface area contributed by atoms with Gasteiger partial charge in [-0.2, -0.15) is 10.3 Å². The summed E-state index contributed by atoms with van der Waals surface area (Å²) in [5, 5.41) is 15.3. The highest BCUT2D eigenvalue weighted by Gasteiger charge is 2.15. The van der Waals surface area contributed by atoms with Crippen LogP contribution in [-0.4, -0.2) is 25.6 Å². The zero-order chi connectivity index (χ0) is 17.4. The van der Waals surface area contributed by atoms with Gasteiger partial charge in [0, 0.05) is 17.7 Å². The third kappa shape index (κ3) is 2.97. The van der Waals surface area contributed by atoms with Gasteiger partial charge in [0.05, 0.1) is 10.0 Å². The first-order chi connectivity index (χ1) is 12.1. The summed E-state index contributed by atoms with van der Waals surface area (Å²) >= 11 is 12.4. The molecule has 4 aromatic rings. The molecule has 10 heteroatoms. The van der Waals surface area contributed by atoms with E-state index in [0.717, 1.165) is 0 Å². The van der Waals surface area contributed by atoms with Gasteiger partial charge in [-0.3, -0.25) is 0 Å². The largest absolute Gasteiger partial charge is 0.483 e. The van der Waals surface area contributed by atoms with E-state index in [4.69, 9.17) is 38.2 Å². The van der Waals surface area contributed by atoms with E-state index in [0.29, 0.717) is 44.0 Å². The molecule has 0 aliphatic carbocycles. The Morgan fingerprint density at radius 3 is 2.76 bits per heavy atom. The van der Waals surface area contributed by atoms with E-state index in [9.17, 15) is 0 Å². The van der Waals surface area contributed by atoms with Crippen molar-refractivity contribution in [3.8, 4) is 17.0 Å². The first-order valence-corrected chi connectivity index (χ1v) is 7.87.